The Morgan fingerprint density at radius 1 is 1.38 bits per heavy atom. The molecular formula is C19H21NO6. The van der Waals surface area contributed by atoms with Crippen LogP contribution >= 0.6 is 0 Å². The minimum absolute atomic E-state index is 0.191. The number of isocyanates is 1. The van der Waals surface area contributed by atoms with E-state index in [-0.39, 0.29) is 17.2 Å². The van der Waals surface area contributed by atoms with Gasteiger partial charge >= 0.3 is 11.9 Å². The molecule has 0 bridgehead atoms. The van der Waals surface area contributed by atoms with E-state index in [4.69, 9.17) is 9.47 Å². The molecule has 26 heavy (non-hydrogen) atoms. The average Bonchev–Trinajstić information content (AvgIpc) is 2.97. The molecule has 0 N–H and O–H groups in total. The lowest BCUT2D eigenvalue weighted by Gasteiger charge is -2.14. The van der Waals surface area contributed by atoms with Crippen molar-refractivity contribution in [3.05, 3.63) is 34.4 Å². The van der Waals surface area contributed by atoms with Crippen LogP contribution in [0.2, 0.25) is 0 Å². The standard InChI is InChI=1S/C19H21NO6/c1-11(6-8-16(22)25-4)5-7-14-17-12(2)15(24-3)9-13(20-10-21)18(17)19(23)26-14/h5,9,14H,6-8H2,1-4H3. The highest BCUT2D eigenvalue weighted by atomic mass is 16.5. The molecule has 0 radical (unpaired) electrons. The fourth-order valence-electron chi connectivity index (χ4n) is 2.95. The van der Waals surface area contributed by atoms with Gasteiger partial charge in [-0.1, -0.05) is 11.6 Å². The molecule has 2 rings (SSSR count). The lowest BCUT2D eigenvalue weighted by atomic mass is 9.94. The maximum atomic E-state index is 12.3. The topological polar surface area (TPSA) is 91.3 Å². The van der Waals surface area contributed by atoms with Crippen molar-refractivity contribution in [2.75, 3.05) is 14.2 Å². The van der Waals surface area contributed by atoms with Crippen molar-refractivity contribution < 1.29 is 28.6 Å². The molecule has 0 aliphatic carbocycles. The van der Waals surface area contributed by atoms with Crippen LogP contribution in [0.1, 0.15) is 53.8 Å². The number of esters is 2. The van der Waals surface area contributed by atoms with Crippen LogP contribution in [0.3, 0.4) is 0 Å². The van der Waals surface area contributed by atoms with E-state index in [0.29, 0.717) is 30.6 Å². The maximum Gasteiger partial charge on any atom is 0.341 e. The Kier molecular flexibility index (Phi) is 6.31. The second-order valence-corrected chi connectivity index (χ2v) is 5.97. The van der Waals surface area contributed by atoms with Gasteiger partial charge < -0.3 is 14.2 Å². The molecule has 138 valence electrons. The SMILES string of the molecule is COC(=O)CCC(C)=CCC1OC(=O)c2c(N=C=O)cc(OC)c(C)c21. The predicted molar refractivity (Wildman–Crippen MR) is 93.3 cm³/mol. The van der Waals surface area contributed by atoms with E-state index >= 15 is 0 Å². The summed E-state index contributed by atoms with van der Waals surface area (Å²) in [4.78, 5) is 37.8. The summed E-state index contributed by atoms with van der Waals surface area (Å²) in [6.07, 6.45) is 4.20. The predicted octanol–water partition coefficient (Wildman–Crippen LogP) is 3.47. The van der Waals surface area contributed by atoms with Gasteiger partial charge in [0.2, 0.25) is 6.08 Å². The number of hydrogen-bond donors (Lipinski definition) is 0. The van der Waals surface area contributed by atoms with E-state index in [1.54, 1.807) is 0 Å². The molecule has 1 aliphatic rings. The monoisotopic (exact) mass is 359 g/mol. The first-order chi connectivity index (χ1) is 12.4. The molecule has 7 heteroatoms. The van der Waals surface area contributed by atoms with Crippen molar-refractivity contribution in [2.24, 2.45) is 4.99 Å². The van der Waals surface area contributed by atoms with Gasteiger partial charge in [-0.05, 0) is 25.8 Å². The molecule has 0 saturated carbocycles. The number of ether oxygens (including phenoxy) is 3. The lowest BCUT2D eigenvalue weighted by molar-refractivity contribution is -0.140. The third-order valence-electron chi connectivity index (χ3n) is 4.36. The van der Waals surface area contributed by atoms with Crippen molar-refractivity contribution in [2.45, 2.75) is 39.2 Å². The minimum atomic E-state index is -0.523. The number of benzene rings is 1. The quantitative estimate of drug-likeness (QED) is 0.320. The maximum absolute atomic E-state index is 12.3. The van der Waals surface area contributed by atoms with Crippen molar-refractivity contribution in [1.29, 1.82) is 0 Å². The van der Waals surface area contributed by atoms with Gasteiger partial charge in [0, 0.05) is 24.5 Å². The summed E-state index contributed by atoms with van der Waals surface area (Å²) in [6.45, 7) is 3.73. The zero-order chi connectivity index (χ0) is 19.3. The molecular weight excluding hydrogens is 338 g/mol. The average molecular weight is 359 g/mol. The number of allylic oxidation sites excluding steroid dienone is 1. The number of rotatable bonds is 7. The normalized spacial score (nSPS) is 15.8. The van der Waals surface area contributed by atoms with Crippen molar-refractivity contribution >= 4 is 23.7 Å². The molecule has 1 aromatic rings. The highest BCUT2D eigenvalue weighted by molar-refractivity contribution is 6.00. The first-order valence-corrected chi connectivity index (χ1v) is 8.15. The highest BCUT2D eigenvalue weighted by Gasteiger charge is 2.36. The van der Waals surface area contributed by atoms with E-state index in [9.17, 15) is 14.4 Å². The number of hydrogen-bond acceptors (Lipinski definition) is 7. The summed E-state index contributed by atoms with van der Waals surface area (Å²) < 4.78 is 15.4. The molecule has 1 aromatic carbocycles. The summed E-state index contributed by atoms with van der Waals surface area (Å²) in [6, 6.07) is 1.53. The first-order valence-electron chi connectivity index (χ1n) is 8.15. The van der Waals surface area contributed by atoms with Crippen LogP contribution in [0.15, 0.2) is 22.7 Å². The summed E-state index contributed by atoms with van der Waals surface area (Å²) >= 11 is 0. The van der Waals surface area contributed by atoms with Crippen molar-refractivity contribution in [3.63, 3.8) is 0 Å². The molecule has 7 nitrogen and oxygen atoms in total. The Morgan fingerprint density at radius 2 is 2.12 bits per heavy atom. The third-order valence-corrected chi connectivity index (χ3v) is 4.36. The third kappa shape index (κ3) is 4.00. The number of methoxy groups -OCH3 is 2. The summed E-state index contributed by atoms with van der Waals surface area (Å²) in [5, 5.41) is 0. The van der Waals surface area contributed by atoms with Gasteiger partial charge in [0.15, 0.2) is 0 Å². The second kappa shape index (κ2) is 8.45. The molecule has 1 unspecified atom stereocenters. The first kappa shape index (κ1) is 19.4. The number of aliphatic imine (C=N–C) groups is 1. The van der Waals surface area contributed by atoms with Crippen LogP contribution in [0.5, 0.6) is 5.75 Å². The molecule has 0 aromatic heterocycles. The highest BCUT2D eigenvalue weighted by Crippen LogP contribution is 2.44. The van der Waals surface area contributed by atoms with Gasteiger partial charge in [0.1, 0.15) is 11.9 Å². The van der Waals surface area contributed by atoms with Crippen LogP contribution < -0.4 is 4.74 Å². The van der Waals surface area contributed by atoms with Crippen LogP contribution in [0, 0.1) is 6.92 Å². The van der Waals surface area contributed by atoms with E-state index in [0.717, 1.165) is 11.1 Å². The summed E-state index contributed by atoms with van der Waals surface area (Å²) in [5.41, 5.74) is 2.89. The van der Waals surface area contributed by atoms with Gasteiger partial charge in [0.25, 0.3) is 0 Å². The lowest BCUT2D eigenvalue weighted by Crippen LogP contribution is -2.01. The smallest absolute Gasteiger partial charge is 0.341 e. The molecule has 0 fully saturated rings. The Bertz CT molecular complexity index is 805. The van der Waals surface area contributed by atoms with Crippen molar-refractivity contribution in [3.8, 4) is 5.75 Å². The molecule has 0 amide bonds. The molecule has 1 atom stereocenters. The van der Waals surface area contributed by atoms with Gasteiger partial charge in [-0.2, -0.15) is 4.99 Å². The van der Waals surface area contributed by atoms with E-state index in [1.165, 1.54) is 26.4 Å². The number of cyclic esters (lactones) is 1. The zero-order valence-electron chi connectivity index (χ0n) is 15.3. The Labute approximate surface area is 151 Å². The molecule has 1 aliphatic heterocycles. The van der Waals surface area contributed by atoms with Crippen LogP contribution in [0.4, 0.5) is 5.69 Å². The van der Waals surface area contributed by atoms with Crippen molar-refractivity contribution in [1.82, 2.24) is 0 Å². The van der Waals surface area contributed by atoms with Crippen LogP contribution in [-0.4, -0.2) is 32.2 Å². The number of carbonyl (C=O) groups excluding carboxylic acids is 3. The number of nitrogens with zero attached hydrogens (tertiary/aromatic N) is 1. The van der Waals surface area contributed by atoms with Gasteiger partial charge in [-0.25, -0.2) is 9.59 Å². The van der Waals surface area contributed by atoms with E-state index < -0.39 is 12.1 Å². The number of carbonyl (C=O) groups is 2. The fourth-order valence-corrected chi connectivity index (χ4v) is 2.95. The molecule has 0 spiro atoms. The van der Waals surface area contributed by atoms with E-state index in [1.807, 2.05) is 19.9 Å². The Hall–Kier alpha value is -2.92. The number of fused-ring (bicyclic) bond motifs is 1. The molecule has 0 saturated heterocycles. The summed E-state index contributed by atoms with van der Waals surface area (Å²) in [7, 11) is 2.86. The zero-order valence-corrected chi connectivity index (χ0v) is 15.3. The van der Waals surface area contributed by atoms with Gasteiger partial charge in [-0.3, -0.25) is 4.79 Å². The van der Waals surface area contributed by atoms with Crippen LogP contribution in [0.25, 0.3) is 0 Å². The van der Waals surface area contributed by atoms with Gasteiger partial charge in [-0.15, -0.1) is 0 Å². The summed E-state index contributed by atoms with van der Waals surface area (Å²) in [5.74, 6) is -0.273. The van der Waals surface area contributed by atoms with E-state index in [2.05, 4.69) is 9.73 Å². The Morgan fingerprint density at radius 3 is 2.73 bits per heavy atom. The minimum Gasteiger partial charge on any atom is -0.496 e. The molecule has 1 heterocycles. The second-order valence-electron chi connectivity index (χ2n) is 5.97. The van der Waals surface area contributed by atoms with Gasteiger partial charge in [0.05, 0.1) is 25.5 Å². The largest absolute Gasteiger partial charge is 0.496 e. The van der Waals surface area contributed by atoms with Crippen LogP contribution in [-0.2, 0) is 19.1 Å². The Balaban J connectivity index is 2.31. The fraction of sp³-hybridized carbons (Fsp3) is 0.421.